The Morgan fingerprint density at radius 1 is 1.33 bits per heavy atom. The number of carbonyl (C=O) groups excluding carboxylic acids is 1. The van der Waals surface area contributed by atoms with E-state index in [0.717, 1.165) is 5.56 Å². The third kappa shape index (κ3) is 5.12. The molecule has 1 aromatic carbocycles. The number of amides is 1. The van der Waals surface area contributed by atoms with Gasteiger partial charge < -0.3 is 4.74 Å². The summed E-state index contributed by atoms with van der Waals surface area (Å²) in [5.74, 6) is 0. The number of ether oxygens (including phenoxy) is 1. The molecule has 0 bridgehead atoms. The molecule has 0 saturated heterocycles. The monoisotopic (exact) mass is 290 g/mol. The normalized spacial score (nSPS) is 11.2. The molecule has 4 nitrogen and oxygen atoms in total. The second-order valence-electron chi connectivity index (χ2n) is 4.69. The minimum atomic E-state index is -0.541. The highest BCUT2D eigenvalue weighted by atomic mass is 35.5. The average Bonchev–Trinajstić information content (AvgIpc) is 2.21. The van der Waals surface area contributed by atoms with Gasteiger partial charge in [0, 0.05) is 6.54 Å². The number of halogens is 2. The van der Waals surface area contributed by atoms with E-state index >= 15 is 0 Å². The zero-order chi connectivity index (χ0) is 13.8. The Hall–Kier alpha value is -0.970. The number of benzene rings is 1. The molecular weight excluding hydrogens is 275 g/mol. The number of hydrogen-bond acceptors (Lipinski definition) is 3. The summed E-state index contributed by atoms with van der Waals surface area (Å²) in [5, 5.41) is 0.950. The Balaban J connectivity index is 2.43. The van der Waals surface area contributed by atoms with Gasteiger partial charge in [0.25, 0.3) is 0 Å². The van der Waals surface area contributed by atoms with Gasteiger partial charge >= 0.3 is 6.09 Å². The van der Waals surface area contributed by atoms with Crippen molar-refractivity contribution in [2.45, 2.75) is 32.9 Å². The first-order chi connectivity index (χ1) is 8.29. The fraction of sp³-hybridized carbons (Fsp3) is 0.417. The number of nitrogens with one attached hydrogen (secondary N) is 2. The fourth-order valence-corrected chi connectivity index (χ4v) is 1.59. The van der Waals surface area contributed by atoms with Crippen molar-refractivity contribution < 1.29 is 9.53 Å². The molecule has 18 heavy (non-hydrogen) atoms. The topological polar surface area (TPSA) is 50.4 Å². The highest BCUT2D eigenvalue weighted by Crippen LogP contribution is 2.25. The quantitative estimate of drug-likeness (QED) is 0.838. The van der Waals surface area contributed by atoms with Crippen molar-refractivity contribution in [2.24, 2.45) is 0 Å². The molecule has 2 N–H and O–H groups in total. The van der Waals surface area contributed by atoms with Gasteiger partial charge in [-0.15, -0.1) is 0 Å². The van der Waals surface area contributed by atoms with Gasteiger partial charge in [0.15, 0.2) is 0 Å². The van der Waals surface area contributed by atoms with E-state index in [4.69, 9.17) is 27.9 Å². The van der Waals surface area contributed by atoms with Gasteiger partial charge in [0.1, 0.15) is 5.60 Å². The fourth-order valence-electron chi connectivity index (χ4n) is 1.20. The molecular formula is C12H16Cl2N2O2. The SMILES string of the molecule is CC(C)(C)OC(=O)NNCc1cccc(Cl)c1Cl. The summed E-state index contributed by atoms with van der Waals surface area (Å²) >= 11 is 11.9. The van der Waals surface area contributed by atoms with Crippen LogP contribution in [0.25, 0.3) is 0 Å². The summed E-state index contributed by atoms with van der Waals surface area (Å²) in [6.07, 6.45) is -0.541. The molecule has 6 heteroatoms. The van der Waals surface area contributed by atoms with E-state index in [2.05, 4.69) is 10.9 Å². The first kappa shape index (κ1) is 15.1. The lowest BCUT2D eigenvalue weighted by Gasteiger charge is -2.19. The third-order valence-electron chi connectivity index (χ3n) is 1.90. The van der Waals surface area contributed by atoms with Crippen molar-refractivity contribution in [2.75, 3.05) is 0 Å². The van der Waals surface area contributed by atoms with E-state index in [1.165, 1.54) is 0 Å². The van der Waals surface area contributed by atoms with Crippen LogP contribution >= 0.6 is 23.2 Å². The predicted octanol–water partition coefficient (Wildman–Crippen LogP) is 3.52. The highest BCUT2D eigenvalue weighted by molar-refractivity contribution is 6.42. The molecule has 0 heterocycles. The van der Waals surface area contributed by atoms with Crippen LogP contribution in [0.5, 0.6) is 0 Å². The highest BCUT2D eigenvalue weighted by Gasteiger charge is 2.15. The first-order valence-corrected chi connectivity index (χ1v) is 6.20. The van der Waals surface area contributed by atoms with Crippen molar-refractivity contribution in [3.05, 3.63) is 33.8 Å². The van der Waals surface area contributed by atoms with Crippen molar-refractivity contribution in [3.63, 3.8) is 0 Å². The van der Waals surface area contributed by atoms with Crippen LogP contribution in [0.15, 0.2) is 18.2 Å². The zero-order valence-corrected chi connectivity index (χ0v) is 12.0. The molecule has 0 atom stereocenters. The maximum atomic E-state index is 11.3. The summed E-state index contributed by atoms with van der Waals surface area (Å²) in [4.78, 5) is 11.3. The Labute approximate surface area is 117 Å². The van der Waals surface area contributed by atoms with Crippen LogP contribution in [0.3, 0.4) is 0 Å². The summed E-state index contributed by atoms with van der Waals surface area (Å²) < 4.78 is 5.06. The molecule has 0 unspecified atom stereocenters. The molecule has 1 amide bonds. The molecule has 0 radical (unpaired) electrons. The molecule has 1 rings (SSSR count). The number of carbonyl (C=O) groups is 1. The van der Waals surface area contributed by atoms with Crippen LogP contribution in [0, 0.1) is 0 Å². The van der Waals surface area contributed by atoms with E-state index in [9.17, 15) is 4.79 Å². The molecule has 0 saturated carbocycles. The van der Waals surface area contributed by atoms with Crippen LogP contribution in [0.4, 0.5) is 4.79 Å². The van der Waals surface area contributed by atoms with Gasteiger partial charge in [-0.05, 0) is 32.4 Å². The largest absolute Gasteiger partial charge is 0.443 e. The summed E-state index contributed by atoms with van der Waals surface area (Å²) in [6.45, 7) is 5.74. The predicted molar refractivity (Wildman–Crippen MR) is 72.7 cm³/mol. The first-order valence-electron chi connectivity index (χ1n) is 5.44. The molecule has 0 aliphatic heterocycles. The summed E-state index contributed by atoms with van der Waals surface area (Å²) in [6, 6.07) is 5.31. The van der Waals surface area contributed by atoms with Gasteiger partial charge in [0.2, 0.25) is 0 Å². The molecule has 0 aliphatic rings. The molecule has 0 aliphatic carbocycles. The smallest absolute Gasteiger partial charge is 0.422 e. The molecule has 100 valence electrons. The Bertz CT molecular complexity index is 431. The number of hydrogen-bond donors (Lipinski definition) is 2. The van der Waals surface area contributed by atoms with Crippen molar-refractivity contribution in [1.82, 2.24) is 10.9 Å². The standard InChI is InChI=1S/C12H16Cl2N2O2/c1-12(2,3)18-11(17)16-15-7-8-5-4-6-9(13)10(8)14/h4-6,15H,7H2,1-3H3,(H,16,17). The van der Waals surface area contributed by atoms with E-state index in [-0.39, 0.29) is 0 Å². The maximum absolute atomic E-state index is 11.3. The lowest BCUT2D eigenvalue weighted by atomic mass is 10.2. The van der Waals surface area contributed by atoms with E-state index < -0.39 is 11.7 Å². The summed E-state index contributed by atoms with van der Waals surface area (Å²) in [5.41, 5.74) is 5.41. The van der Waals surface area contributed by atoms with Crippen LogP contribution in [0.2, 0.25) is 10.0 Å². The average molecular weight is 291 g/mol. The van der Waals surface area contributed by atoms with E-state index in [0.29, 0.717) is 16.6 Å². The van der Waals surface area contributed by atoms with Crippen molar-refractivity contribution >= 4 is 29.3 Å². The zero-order valence-electron chi connectivity index (χ0n) is 10.5. The van der Waals surface area contributed by atoms with Crippen LogP contribution < -0.4 is 10.9 Å². The lowest BCUT2D eigenvalue weighted by molar-refractivity contribution is 0.0497. The van der Waals surface area contributed by atoms with Gasteiger partial charge in [-0.2, -0.15) is 0 Å². The van der Waals surface area contributed by atoms with E-state index in [1.807, 2.05) is 6.07 Å². The molecule has 0 spiro atoms. The third-order valence-corrected chi connectivity index (χ3v) is 2.76. The minimum Gasteiger partial charge on any atom is -0.443 e. The second-order valence-corrected chi connectivity index (χ2v) is 5.48. The number of hydrazine groups is 1. The number of rotatable bonds is 3. The van der Waals surface area contributed by atoms with Gasteiger partial charge in [-0.1, -0.05) is 35.3 Å². The second kappa shape index (κ2) is 6.27. The molecule has 1 aromatic rings. The van der Waals surface area contributed by atoms with Crippen LogP contribution in [0.1, 0.15) is 26.3 Å². The Kier molecular flexibility index (Phi) is 5.26. The van der Waals surface area contributed by atoms with Gasteiger partial charge in [-0.25, -0.2) is 10.2 Å². The van der Waals surface area contributed by atoms with E-state index in [1.54, 1.807) is 32.9 Å². The summed E-state index contributed by atoms with van der Waals surface area (Å²) in [7, 11) is 0. The minimum absolute atomic E-state index is 0.360. The van der Waals surface area contributed by atoms with Crippen molar-refractivity contribution in [1.29, 1.82) is 0 Å². The Morgan fingerprint density at radius 2 is 2.00 bits per heavy atom. The molecule has 0 aromatic heterocycles. The van der Waals surface area contributed by atoms with Crippen LogP contribution in [-0.4, -0.2) is 11.7 Å². The van der Waals surface area contributed by atoms with Crippen molar-refractivity contribution in [3.8, 4) is 0 Å². The molecule has 0 fully saturated rings. The maximum Gasteiger partial charge on any atom is 0.422 e. The lowest BCUT2D eigenvalue weighted by Crippen LogP contribution is -2.40. The van der Waals surface area contributed by atoms with Gasteiger partial charge in [0.05, 0.1) is 10.0 Å². The Morgan fingerprint density at radius 3 is 2.61 bits per heavy atom. The van der Waals surface area contributed by atoms with Crippen LogP contribution in [-0.2, 0) is 11.3 Å². The van der Waals surface area contributed by atoms with Gasteiger partial charge in [-0.3, -0.25) is 5.43 Å².